The quantitative estimate of drug-likeness (QED) is 0.908. The molecule has 4 rings (SSSR count). The minimum Gasteiger partial charge on any atom is -0.497 e. The summed E-state index contributed by atoms with van der Waals surface area (Å²) in [5.74, 6) is 1.36. The molecule has 0 atom stereocenters. The number of methoxy groups -OCH3 is 1. The third-order valence-electron chi connectivity index (χ3n) is 5.68. The molecule has 6 nitrogen and oxygen atoms in total. The highest BCUT2D eigenvalue weighted by Crippen LogP contribution is 2.44. The summed E-state index contributed by atoms with van der Waals surface area (Å²) < 4.78 is 16.2. The van der Waals surface area contributed by atoms with Gasteiger partial charge in [0.05, 0.1) is 7.11 Å². The van der Waals surface area contributed by atoms with Gasteiger partial charge in [-0.3, -0.25) is 0 Å². The number of anilines is 1. The molecule has 2 aliphatic rings. The van der Waals surface area contributed by atoms with E-state index < -0.39 is 0 Å². The fourth-order valence-electron chi connectivity index (χ4n) is 4.02. The van der Waals surface area contributed by atoms with E-state index in [1.54, 1.807) is 7.11 Å². The SMILES string of the molecule is COc1cccc(-c2noc(NC3CCC4(CCOCC4)CC3)n2)c1. The van der Waals surface area contributed by atoms with E-state index >= 15 is 0 Å². The van der Waals surface area contributed by atoms with Crippen molar-refractivity contribution in [3.8, 4) is 17.1 Å². The third-order valence-corrected chi connectivity index (χ3v) is 5.68. The number of ether oxygens (including phenoxy) is 2. The standard InChI is InChI=1S/C19H25N3O3/c1-23-16-4-2-3-14(13-16)17-21-18(25-22-17)20-15-5-7-19(8-6-15)9-11-24-12-10-19/h2-4,13,15H,5-12H2,1H3,(H,20,21,22). The molecule has 1 aromatic carbocycles. The number of aromatic nitrogens is 2. The van der Waals surface area contributed by atoms with E-state index in [0.29, 0.717) is 23.3 Å². The summed E-state index contributed by atoms with van der Waals surface area (Å²) in [4.78, 5) is 4.49. The topological polar surface area (TPSA) is 69.4 Å². The van der Waals surface area contributed by atoms with Crippen molar-refractivity contribution in [3.63, 3.8) is 0 Å². The third kappa shape index (κ3) is 3.63. The number of benzene rings is 1. The maximum Gasteiger partial charge on any atom is 0.322 e. The Balaban J connectivity index is 1.37. The Morgan fingerprint density at radius 1 is 1.16 bits per heavy atom. The van der Waals surface area contributed by atoms with Gasteiger partial charge in [-0.2, -0.15) is 4.98 Å². The lowest BCUT2D eigenvalue weighted by Gasteiger charge is -2.42. The molecule has 1 spiro atoms. The van der Waals surface area contributed by atoms with Crippen LogP contribution in [0.15, 0.2) is 28.8 Å². The van der Waals surface area contributed by atoms with Gasteiger partial charge >= 0.3 is 6.01 Å². The Morgan fingerprint density at radius 3 is 2.72 bits per heavy atom. The van der Waals surface area contributed by atoms with E-state index in [-0.39, 0.29) is 0 Å². The van der Waals surface area contributed by atoms with Crippen molar-refractivity contribution < 1.29 is 14.0 Å². The van der Waals surface area contributed by atoms with Crippen LogP contribution < -0.4 is 10.1 Å². The first-order valence-electron chi connectivity index (χ1n) is 9.09. The zero-order valence-corrected chi connectivity index (χ0v) is 14.7. The molecule has 2 fully saturated rings. The summed E-state index contributed by atoms with van der Waals surface area (Å²) in [7, 11) is 1.65. The summed E-state index contributed by atoms with van der Waals surface area (Å²) in [6.45, 7) is 1.84. The zero-order chi connectivity index (χ0) is 17.1. The molecule has 6 heteroatoms. The molecule has 25 heavy (non-hydrogen) atoms. The van der Waals surface area contributed by atoms with Crippen LogP contribution in [0.4, 0.5) is 6.01 Å². The Labute approximate surface area is 147 Å². The molecule has 2 heterocycles. The van der Waals surface area contributed by atoms with E-state index in [1.165, 1.54) is 25.7 Å². The fraction of sp³-hybridized carbons (Fsp3) is 0.579. The van der Waals surface area contributed by atoms with Crippen molar-refractivity contribution >= 4 is 6.01 Å². The highest BCUT2D eigenvalue weighted by Gasteiger charge is 2.36. The minimum atomic E-state index is 0.409. The van der Waals surface area contributed by atoms with Gasteiger partial charge in [-0.1, -0.05) is 17.3 Å². The van der Waals surface area contributed by atoms with E-state index in [4.69, 9.17) is 14.0 Å². The molecule has 1 aliphatic carbocycles. The second kappa shape index (κ2) is 7.04. The second-order valence-corrected chi connectivity index (χ2v) is 7.19. The highest BCUT2D eigenvalue weighted by molar-refractivity contribution is 5.57. The number of nitrogens with zero attached hydrogens (tertiary/aromatic N) is 2. The van der Waals surface area contributed by atoms with Crippen LogP contribution >= 0.6 is 0 Å². The molecule has 1 aliphatic heterocycles. The number of hydrogen-bond donors (Lipinski definition) is 1. The van der Waals surface area contributed by atoms with Gasteiger partial charge in [-0.25, -0.2) is 0 Å². The van der Waals surface area contributed by atoms with Crippen LogP contribution in [0.1, 0.15) is 38.5 Å². The van der Waals surface area contributed by atoms with Crippen molar-refractivity contribution in [1.29, 1.82) is 0 Å². The summed E-state index contributed by atoms with van der Waals surface area (Å²) in [5.41, 5.74) is 1.40. The van der Waals surface area contributed by atoms with Gasteiger partial charge in [0.25, 0.3) is 0 Å². The van der Waals surface area contributed by atoms with E-state index in [0.717, 1.165) is 37.4 Å². The van der Waals surface area contributed by atoms with Crippen molar-refractivity contribution in [2.24, 2.45) is 5.41 Å². The Bertz CT molecular complexity index is 699. The normalized spacial score (nSPS) is 20.5. The lowest BCUT2D eigenvalue weighted by Crippen LogP contribution is -2.37. The maximum atomic E-state index is 5.52. The summed E-state index contributed by atoms with van der Waals surface area (Å²) in [6.07, 6.45) is 7.23. The van der Waals surface area contributed by atoms with Crippen LogP contribution in [-0.4, -0.2) is 36.5 Å². The van der Waals surface area contributed by atoms with Gasteiger partial charge in [0.2, 0.25) is 5.82 Å². The van der Waals surface area contributed by atoms with Gasteiger partial charge in [0.1, 0.15) is 5.75 Å². The second-order valence-electron chi connectivity index (χ2n) is 7.19. The molecule has 0 unspecified atom stereocenters. The molecule has 1 N–H and O–H groups in total. The maximum absolute atomic E-state index is 5.52. The molecule has 0 radical (unpaired) electrons. The predicted octanol–water partition coefficient (Wildman–Crippen LogP) is 3.90. The van der Waals surface area contributed by atoms with Crippen LogP contribution in [0.5, 0.6) is 5.75 Å². The molecule has 0 amide bonds. The largest absolute Gasteiger partial charge is 0.497 e. The van der Waals surface area contributed by atoms with Crippen LogP contribution in [0, 0.1) is 5.41 Å². The predicted molar refractivity (Wildman–Crippen MR) is 94.7 cm³/mol. The number of hydrogen-bond acceptors (Lipinski definition) is 6. The van der Waals surface area contributed by atoms with Crippen LogP contribution in [0.2, 0.25) is 0 Å². The highest BCUT2D eigenvalue weighted by atomic mass is 16.5. The summed E-state index contributed by atoms with van der Waals surface area (Å²) in [5, 5.41) is 7.51. The molecule has 134 valence electrons. The average Bonchev–Trinajstić information content (AvgIpc) is 3.13. The van der Waals surface area contributed by atoms with E-state index in [2.05, 4.69) is 15.5 Å². The van der Waals surface area contributed by atoms with Crippen molar-refractivity contribution in [1.82, 2.24) is 10.1 Å². The molecular weight excluding hydrogens is 318 g/mol. The molecule has 2 aromatic rings. The first-order chi connectivity index (χ1) is 12.3. The molecule has 1 aromatic heterocycles. The lowest BCUT2D eigenvalue weighted by atomic mass is 9.68. The van der Waals surface area contributed by atoms with Crippen molar-refractivity contribution in [2.45, 2.75) is 44.6 Å². The summed E-state index contributed by atoms with van der Waals surface area (Å²) in [6, 6.07) is 8.60. The first-order valence-corrected chi connectivity index (χ1v) is 9.09. The molecule has 1 saturated carbocycles. The van der Waals surface area contributed by atoms with Gasteiger partial charge in [0.15, 0.2) is 0 Å². The average molecular weight is 343 g/mol. The van der Waals surface area contributed by atoms with Gasteiger partial charge in [-0.15, -0.1) is 0 Å². The number of nitrogens with one attached hydrogen (secondary N) is 1. The van der Waals surface area contributed by atoms with Gasteiger partial charge in [-0.05, 0) is 56.1 Å². The zero-order valence-electron chi connectivity index (χ0n) is 14.7. The Morgan fingerprint density at radius 2 is 1.96 bits per heavy atom. The van der Waals surface area contributed by atoms with Crippen LogP contribution in [0.3, 0.4) is 0 Å². The first kappa shape index (κ1) is 16.4. The number of rotatable bonds is 4. The van der Waals surface area contributed by atoms with Crippen molar-refractivity contribution in [2.75, 3.05) is 25.6 Å². The molecular formula is C19H25N3O3. The molecule has 0 bridgehead atoms. The monoisotopic (exact) mass is 343 g/mol. The minimum absolute atomic E-state index is 0.409. The smallest absolute Gasteiger partial charge is 0.322 e. The van der Waals surface area contributed by atoms with Crippen LogP contribution in [-0.2, 0) is 4.74 Å². The van der Waals surface area contributed by atoms with Gasteiger partial charge in [0, 0.05) is 24.8 Å². The Kier molecular flexibility index (Phi) is 4.61. The van der Waals surface area contributed by atoms with E-state index in [9.17, 15) is 0 Å². The van der Waals surface area contributed by atoms with Crippen molar-refractivity contribution in [3.05, 3.63) is 24.3 Å². The Hall–Kier alpha value is -2.08. The van der Waals surface area contributed by atoms with Crippen LogP contribution in [0.25, 0.3) is 11.4 Å². The lowest BCUT2D eigenvalue weighted by molar-refractivity contribution is -0.00637. The fourth-order valence-corrected chi connectivity index (χ4v) is 4.02. The summed E-state index contributed by atoms with van der Waals surface area (Å²) >= 11 is 0. The van der Waals surface area contributed by atoms with Gasteiger partial charge < -0.3 is 19.3 Å². The molecule has 1 saturated heterocycles. The van der Waals surface area contributed by atoms with E-state index in [1.807, 2.05) is 24.3 Å².